The fraction of sp³-hybridized carbons (Fsp3) is 0.627. The minimum absolute atomic E-state index is 0.00973. The van der Waals surface area contributed by atoms with Crippen LogP contribution in [0.5, 0.6) is 0 Å². The number of aliphatic hydroxyl groups is 1. The van der Waals surface area contributed by atoms with E-state index in [-0.39, 0.29) is 95.2 Å². The van der Waals surface area contributed by atoms with E-state index in [0.29, 0.717) is 5.56 Å². The number of carboxylic acid groups (broad SMARTS) is 5. The zero-order chi connectivity index (χ0) is 106. The maximum absolute atomic E-state index is 14.5. The second-order valence-electron chi connectivity index (χ2n) is 33.7. The number of aliphatic hydroxyl groups excluding tert-OH is 1. The zero-order valence-corrected chi connectivity index (χ0v) is 79.4. The van der Waals surface area contributed by atoms with Crippen LogP contribution < -0.4 is 130 Å². The quantitative estimate of drug-likeness (QED) is 0.0125. The third-order valence-electron chi connectivity index (χ3n) is 20.6. The second kappa shape index (κ2) is 63.3. The van der Waals surface area contributed by atoms with E-state index in [9.17, 15) is 141 Å². The maximum Gasteiger partial charge on any atom is 0.327 e. The van der Waals surface area contributed by atoms with E-state index >= 15 is 0 Å². The van der Waals surface area contributed by atoms with Gasteiger partial charge in [0.15, 0.2) is 11.9 Å². The number of nitrogens with one attached hydrogen (secondary N) is 20. The minimum Gasteiger partial charge on any atom is -0.481 e. The number of carbonyl (C=O) groups is 23. The Labute approximate surface area is 804 Å². The smallest absolute Gasteiger partial charge is 0.327 e. The molecule has 56 heteroatoms. The van der Waals surface area contributed by atoms with Crippen molar-refractivity contribution in [3.8, 4) is 0 Å². The van der Waals surface area contributed by atoms with E-state index in [1.807, 2.05) is 10.6 Å². The molecule has 139 heavy (non-hydrogen) atoms. The molecule has 1 aromatic carbocycles. The number of unbranched alkanes of at least 4 members (excludes halogenated alkanes) is 1. The molecule has 18 amide bonds. The number of carbonyl (C=O) groups excluding carboxylic acids is 18. The van der Waals surface area contributed by atoms with E-state index in [1.165, 1.54) is 20.8 Å². The lowest BCUT2D eigenvalue weighted by atomic mass is 10.00. The van der Waals surface area contributed by atoms with Crippen LogP contribution in [0.15, 0.2) is 30.3 Å². The Balaban J connectivity index is 3.66. The van der Waals surface area contributed by atoms with Crippen LogP contribution in [0.2, 0.25) is 0 Å². The number of hydrogen-bond acceptors (Lipinski definition) is 29. The molecule has 38 N–H and O–H groups in total. The van der Waals surface area contributed by atoms with E-state index in [1.54, 1.807) is 58.0 Å². The van der Waals surface area contributed by atoms with Gasteiger partial charge >= 0.3 is 29.8 Å². The lowest BCUT2D eigenvalue weighted by Crippen LogP contribution is -2.63. The summed E-state index contributed by atoms with van der Waals surface area (Å²) in [6, 6.07) is -21.5. The Morgan fingerprint density at radius 1 is 0.338 bits per heavy atom. The minimum atomic E-state index is -2.25. The van der Waals surface area contributed by atoms with Gasteiger partial charge in [0.2, 0.25) is 106 Å². The molecule has 0 spiro atoms. The number of benzene rings is 1. The summed E-state index contributed by atoms with van der Waals surface area (Å²) in [6.07, 6.45) is -10.7. The summed E-state index contributed by atoms with van der Waals surface area (Å²) in [4.78, 5) is 310. The van der Waals surface area contributed by atoms with Crippen molar-refractivity contribution in [3.63, 3.8) is 0 Å². The highest BCUT2D eigenvalue weighted by Crippen LogP contribution is 2.16. The molecule has 0 aliphatic rings. The predicted molar refractivity (Wildman–Crippen MR) is 494 cm³/mol. The number of thiol groups is 1. The molecular formula is C83H136N26O29S. The van der Waals surface area contributed by atoms with Crippen molar-refractivity contribution in [2.45, 2.75) is 287 Å². The van der Waals surface area contributed by atoms with Crippen LogP contribution in [0, 0.1) is 28.6 Å². The number of carboxylic acids is 5. The number of rotatable bonds is 68. The fourth-order valence-corrected chi connectivity index (χ4v) is 13.2. The Morgan fingerprint density at radius 2 is 0.662 bits per heavy atom. The van der Waals surface area contributed by atoms with E-state index < -0.39 is 320 Å². The highest BCUT2D eigenvalue weighted by molar-refractivity contribution is 7.80. The largest absolute Gasteiger partial charge is 0.481 e. The first-order valence-electron chi connectivity index (χ1n) is 44.4. The number of aliphatic carboxylic acids is 5. The maximum atomic E-state index is 14.5. The molecule has 18 atom stereocenters. The highest BCUT2D eigenvalue weighted by atomic mass is 32.1. The average Bonchev–Trinajstić information content (AvgIpc) is 0.851. The molecule has 0 unspecified atom stereocenters. The van der Waals surface area contributed by atoms with Crippen LogP contribution in [-0.4, -0.2) is 313 Å². The molecule has 1 aromatic rings. The Bertz CT molecular complexity index is 4460. The summed E-state index contributed by atoms with van der Waals surface area (Å²) < 4.78 is 0. The van der Waals surface area contributed by atoms with Gasteiger partial charge in [0.05, 0.1) is 31.4 Å². The summed E-state index contributed by atoms with van der Waals surface area (Å²) >= 11 is 3.88. The Hall–Kier alpha value is -14.2. The number of nitrogens with two attached hydrogens (primary N) is 6. The van der Waals surface area contributed by atoms with E-state index in [4.69, 9.17) is 45.2 Å². The molecule has 0 radical (unpaired) electrons. The lowest BCUT2D eigenvalue weighted by molar-refractivity contribution is -0.143. The zero-order valence-electron chi connectivity index (χ0n) is 78.6. The fourth-order valence-electron chi connectivity index (χ4n) is 12.9. The summed E-state index contributed by atoms with van der Waals surface area (Å²) in [7, 11) is 0. The first-order valence-corrected chi connectivity index (χ1v) is 45.0. The van der Waals surface area contributed by atoms with Crippen LogP contribution in [0.4, 0.5) is 0 Å². The monoisotopic (exact) mass is 1990 g/mol. The molecule has 1 rings (SSSR count). The highest BCUT2D eigenvalue weighted by Gasteiger charge is 2.41. The topological polar surface area (TPSA) is 934 Å². The van der Waals surface area contributed by atoms with Crippen LogP contribution in [0.3, 0.4) is 0 Å². The Morgan fingerprint density at radius 3 is 1.03 bits per heavy atom. The lowest BCUT2D eigenvalue weighted by Gasteiger charge is -2.29. The first kappa shape index (κ1) is 123. The molecule has 0 fully saturated rings. The van der Waals surface area contributed by atoms with Crippen molar-refractivity contribution in [2.24, 2.45) is 52.2 Å². The molecule has 778 valence electrons. The number of guanidine groups is 2. The van der Waals surface area contributed by atoms with Crippen LogP contribution in [-0.2, 0) is 117 Å². The van der Waals surface area contributed by atoms with Gasteiger partial charge in [-0.15, -0.1) is 0 Å². The number of hydrogen-bond donors (Lipinski definition) is 33. The van der Waals surface area contributed by atoms with Gasteiger partial charge < -0.3 is 161 Å². The van der Waals surface area contributed by atoms with E-state index in [2.05, 4.69) is 97.7 Å². The van der Waals surface area contributed by atoms with Crippen molar-refractivity contribution < 1.29 is 141 Å². The van der Waals surface area contributed by atoms with Gasteiger partial charge in [-0.3, -0.25) is 116 Å². The molecular weight excluding hydrogens is 1860 g/mol. The van der Waals surface area contributed by atoms with Crippen LogP contribution in [0.25, 0.3) is 0 Å². The molecule has 0 saturated carbocycles. The number of primary amides is 2. The van der Waals surface area contributed by atoms with Gasteiger partial charge in [0, 0.05) is 44.5 Å². The van der Waals surface area contributed by atoms with Gasteiger partial charge in [0.25, 0.3) is 0 Å². The van der Waals surface area contributed by atoms with Gasteiger partial charge in [-0.2, -0.15) is 12.6 Å². The van der Waals surface area contributed by atoms with Gasteiger partial charge in [-0.25, -0.2) is 4.79 Å². The van der Waals surface area contributed by atoms with Crippen molar-refractivity contribution in [3.05, 3.63) is 35.9 Å². The normalized spacial score (nSPS) is 14.9. The van der Waals surface area contributed by atoms with Gasteiger partial charge in [-0.1, -0.05) is 71.9 Å². The molecule has 55 nitrogen and oxygen atoms in total. The average molecular weight is 1990 g/mol. The summed E-state index contributed by atoms with van der Waals surface area (Å²) in [5.41, 5.74) is 34.1. The molecule has 0 bridgehead atoms. The standard InChI is InChI=1S/C83H136N26O29S/c1-37(2)31-50(102-75(131)51(32-43-17-11-10-12-18-43)103-68(124)46(21-16-30-93-83(90)91)100-78(134)62(87)38(3)4)73(129)94-40(7)65(121)96-44(19-13-14-28-84)67(123)99-49(24-27-59(115)116)72(128)104-52(33-57(86)112)77(133)108-63(39(5)6)79(135)109-64(42(9)110)80(136)101-47(22-25-56(85)111)70(126)105-53(34-60(117)118)74(130)95-41(8)66(122)97-48(23-26-58(113)114)71(127)106-54(35-61(119)120)76(132)98-45(20-15-29-92-82(88)89)69(125)107-55(36-139)81(137)138/h10-12,17-18,37-42,44-55,62-64,110,139H,13-16,19-36,84,87H2,1-9H3,(H2,85,111)(H2,86,112)(H,94,129)(H,95,130)(H,96,121)(H,97,122)(H,98,132)(H,99,123)(H,100,134)(H,101,136)(H,102,131)(H,103,124)(H,104,128)(H,105,126)(H,106,127)(H,107,125)(H,108,133)(H,109,135)(H,113,114)(H,115,116)(H,117,118)(H,119,120)(H,137,138)(H4,88,89,92)(H4,90,91,93)/t40-,41-,42+,44-,45-,46-,47-,48-,49-,50-,51-,52-,53-,54-,55-,62-,63-,64-/m0/s1. The second-order valence-corrected chi connectivity index (χ2v) is 34.1. The van der Waals surface area contributed by atoms with E-state index in [0.717, 1.165) is 13.8 Å². The molecule has 0 saturated heterocycles. The first-order chi connectivity index (χ1) is 64.9. The summed E-state index contributed by atoms with van der Waals surface area (Å²) in [5.74, 6) is -32.8. The molecule has 0 heterocycles. The third-order valence-corrected chi connectivity index (χ3v) is 21.0. The number of amides is 18. The van der Waals surface area contributed by atoms with Crippen molar-refractivity contribution in [1.82, 2.24) is 95.7 Å². The van der Waals surface area contributed by atoms with Gasteiger partial charge in [0.1, 0.15) is 96.7 Å². The third kappa shape index (κ3) is 48.9. The van der Waals surface area contributed by atoms with Crippen molar-refractivity contribution >= 4 is 161 Å². The van der Waals surface area contributed by atoms with Crippen molar-refractivity contribution in [2.75, 3.05) is 25.4 Å². The summed E-state index contributed by atoms with van der Waals surface area (Å²) in [6.45, 7) is 12.7. The van der Waals surface area contributed by atoms with Crippen LogP contribution >= 0.6 is 12.6 Å². The molecule has 0 aliphatic heterocycles. The predicted octanol–water partition coefficient (Wildman–Crippen LogP) is -10.4. The molecule has 0 aliphatic carbocycles. The van der Waals surface area contributed by atoms with Gasteiger partial charge in [-0.05, 0) is 121 Å². The van der Waals surface area contributed by atoms with Crippen LogP contribution in [0.1, 0.15) is 177 Å². The van der Waals surface area contributed by atoms with Crippen molar-refractivity contribution in [1.29, 1.82) is 10.8 Å². The summed E-state index contributed by atoms with van der Waals surface area (Å²) in [5, 5.41) is 116. The SMILES string of the molecule is CC(C)C[C@H](NC(=O)[C@H](Cc1ccccc1)NC(=O)[C@H](CCCNC(=N)N)NC(=O)[C@@H](N)C(C)C)C(=O)N[C@@H](C)C(=O)N[C@@H](CCCCN)C(=O)N[C@@H](CCC(=O)O)C(=O)N[C@@H](CC(N)=O)C(=O)N[C@H](C(=O)N[C@H](C(=O)N[C@@H](CCC(N)=O)C(=O)N[C@@H](CC(=O)O)C(=O)N[C@@H](C)C(=O)N[C@@H](CCC(=O)O)C(=O)N[C@@H](CC(=O)O)C(=O)N[C@@H](CCCNC(=N)N)C(=O)N[C@@H](CS)C(=O)O)[C@@H](C)O)C(C)C. The Kier molecular flexibility index (Phi) is 55.9. The molecule has 0 aromatic heterocycles.